The average molecular weight is 693 g/mol. The molecule has 6 rings (SSSR count). The molecule has 16 heteroatoms. The summed E-state index contributed by atoms with van der Waals surface area (Å²) >= 11 is 0. The van der Waals surface area contributed by atoms with Crippen LogP contribution >= 0.6 is 0 Å². The van der Waals surface area contributed by atoms with E-state index >= 15 is 0 Å². The quantitative estimate of drug-likeness (QED) is 0.0954. The van der Waals surface area contributed by atoms with Crippen LogP contribution in [-0.4, -0.2) is 84.0 Å². The van der Waals surface area contributed by atoms with Crippen molar-refractivity contribution in [3.8, 4) is 40.1 Å². The van der Waals surface area contributed by atoms with E-state index in [0.29, 0.717) is 28.4 Å². The molecule has 0 aliphatic carbocycles. The summed E-state index contributed by atoms with van der Waals surface area (Å²) in [4.78, 5) is 27.9. The third-order valence-corrected chi connectivity index (χ3v) is 7.90. The fourth-order valence-corrected chi connectivity index (χ4v) is 5.31. The molecule has 6 unspecified atom stereocenters. The van der Waals surface area contributed by atoms with Crippen LogP contribution < -0.4 is 25.4 Å². The minimum atomic E-state index is -1.99. The van der Waals surface area contributed by atoms with Crippen molar-refractivity contribution in [1.29, 1.82) is 0 Å². The summed E-state index contributed by atoms with van der Waals surface area (Å²) in [5.74, 6) is -2.41. The fraction of sp³-hybridized carbons (Fsp3) is 0.235. The number of aromatic amines is 1. The predicted molar refractivity (Wildman–Crippen MR) is 173 cm³/mol. The molecule has 1 saturated heterocycles. The number of nitrogens with one attached hydrogen (secondary N) is 1. The molecule has 3 aromatic carbocycles. The molecule has 1 fully saturated rings. The molecule has 0 radical (unpaired) electrons. The van der Waals surface area contributed by atoms with Crippen molar-refractivity contribution in [1.82, 2.24) is 4.98 Å². The summed E-state index contributed by atoms with van der Waals surface area (Å²) in [6.07, 6.45) is -10.8. The van der Waals surface area contributed by atoms with Crippen LogP contribution in [0.4, 0.5) is 5.82 Å². The minimum Gasteiger partial charge on any atom is -0.508 e. The lowest BCUT2D eigenvalue weighted by atomic mass is 9.99. The number of aromatic nitrogens is 1. The maximum absolute atomic E-state index is 13.4. The Hall–Kier alpha value is -5.78. The van der Waals surface area contributed by atoms with Gasteiger partial charge >= 0.3 is 5.97 Å². The zero-order chi connectivity index (χ0) is 35.7. The van der Waals surface area contributed by atoms with Crippen molar-refractivity contribution in [2.75, 3.05) is 12.3 Å². The van der Waals surface area contributed by atoms with Gasteiger partial charge in [-0.05, 0) is 54.1 Å². The van der Waals surface area contributed by atoms with E-state index < -0.39 is 65.5 Å². The van der Waals surface area contributed by atoms with Gasteiger partial charge in [-0.2, -0.15) is 0 Å². The molecule has 3 heterocycles. The number of phenols is 2. The third-order valence-electron chi connectivity index (χ3n) is 7.90. The highest BCUT2D eigenvalue weighted by molar-refractivity contribution is 5.89. The Balaban J connectivity index is 1.32. The number of nitrogen functional groups attached to an aromatic ring is 1. The number of hydrogen-bond acceptors (Lipinski definition) is 14. The van der Waals surface area contributed by atoms with Crippen molar-refractivity contribution in [3.05, 3.63) is 94.3 Å². The summed E-state index contributed by atoms with van der Waals surface area (Å²) < 4.78 is 28.4. The van der Waals surface area contributed by atoms with Crippen LogP contribution in [-0.2, 0) is 16.1 Å². The van der Waals surface area contributed by atoms with Crippen LogP contribution in [0, 0.1) is 0 Å². The van der Waals surface area contributed by atoms with Crippen LogP contribution in [0.15, 0.2) is 82.0 Å². The number of carboxylic acids is 1. The van der Waals surface area contributed by atoms with Crippen LogP contribution in [0.5, 0.6) is 28.7 Å². The van der Waals surface area contributed by atoms with Gasteiger partial charge in [-0.1, -0.05) is 12.1 Å². The molecule has 262 valence electrons. The lowest BCUT2D eigenvalue weighted by Crippen LogP contribution is -2.61. The first-order valence-electron chi connectivity index (χ1n) is 15.1. The molecule has 0 bridgehead atoms. The highest BCUT2D eigenvalue weighted by atomic mass is 16.7. The number of ether oxygens (including phenoxy) is 4. The number of rotatable bonds is 11. The van der Waals surface area contributed by atoms with Gasteiger partial charge in [-0.15, -0.1) is 0 Å². The van der Waals surface area contributed by atoms with Gasteiger partial charge in [0.25, 0.3) is 0 Å². The molecule has 1 aliphatic heterocycles. The van der Waals surface area contributed by atoms with Gasteiger partial charge in [0.15, 0.2) is 23.0 Å². The Bertz CT molecular complexity index is 2060. The zero-order valence-corrected chi connectivity index (χ0v) is 25.9. The topological polar surface area (TPSA) is 268 Å². The number of nitrogens with two attached hydrogens (primary N) is 1. The van der Waals surface area contributed by atoms with Gasteiger partial charge < -0.3 is 69.8 Å². The van der Waals surface area contributed by atoms with Crippen LogP contribution in [0.1, 0.15) is 17.4 Å². The molecule has 6 atom stereocenters. The van der Waals surface area contributed by atoms with E-state index in [1.807, 2.05) is 0 Å². The van der Waals surface area contributed by atoms with Crippen molar-refractivity contribution in [2.45, 2.75) is 43.4 Å². The van der Waals surface area contributed by atoms with Gasteiger partial charge in [-0.25, -0.2) is 4.79 Å². The summed E-state index contributed by atoms with van der Waals surface area (Å²) in [5, 5.41) is 71.6. The summed E-state index contributed by atoms with van der Waals surface area (Å²) in [5.41, 5.74) is 6.12. The van der Waals surface area contributed by atoms with Crippen LogP contribution in [0.2, 0.25) is 0 Å². The normalized spacial score (nSPS) is 21.1. The molecular formula is C34H32N2O14. The standard InChI is InChI=1S/C34H32N2O14/c35-25-9-8-19(36-25)21(39)14-46-18-6-4-16(5-7-18)22-11-20(38)26-23(48-22)12-24(31(27(26)40)47-13-15-2-1-3-17(37)10-15)49-34-30(43)28(41)29(42)32(50-34)33(44)45/h1-12,21,28-30,32,34,36-37,39-43H,13-14,35H2,(H,44,45). The summed E-state index contributed by atoms with van der Waals surface area (Å²) in [7, 11) is 0. The molecule has 50 heavy (non-hydrogen) atoms. The van der Waals surface area contributed by atoms with E-state index in [9.17, 15) is 45.3 Å². The largest absolute Gasteiger partial charge is 0.508 e. The average Bonchev–Trinajstić information content (AvgIpc) is 3.53. The maximum Gasteiger partial charge on any atom is 0.335 e. The smallest absolute Gasteiger partial charge is 0.335 e. The molecule has 0 spiro atoms. The zero-order valence-electron chi connectivity index (χ0n) is 25.9. The van der Waals surface area contributed by atoms with Gasteiger partial charge in [0.1, 0.15) is 71.7 Å². The summed E-state index contributed by atoms with van der Waals surface area (Å²) in [6, 6.07) is 17.9. The van der Waals surface area contributed by atoms with Crippen LogP contribution in [0.25, 0.3) is 22.3 Å². The molecule has 5 aromatic rings. The van der Waals surface area contributed by atoms with E-state index in [1.165, 1.54) is 12.1 Å². The number of aromatic hydroxyl groups is 2. The number of aliphatic hydroxyl groups excluding tert-OH is 4. The SMILES string of the molecule is Nc1ccc(C(O)COc2ccc(-c3cc(=O)c4c(O)c(OCc5cccc(O)c5)c(OC5OC(C(=O)O)C(O)C(O)C5O)cc4o3)cc2)[nH]1. The number of aliphatic hydroxyl groups is 4. The highest BCUT2D eigenvalue weighted by Gasteiger charge is 2.48. The van der Waals surface area contributed by atoms with E-state index in [1.54, 1.807) is 48.5 Å². The number of hydrogen-bond donors (Lipinski definition) is 9. The lowest BCUT2D eigenvalue weighted by Gasteiger charge is -2.38. The second-order valence-corrected chi connectivity index (χ2v) is 11.4. The number of aliphatic carboxylic acids is 1. The monoisotopic (exact) mass is 692 g/mol. The molecular weight excluding hydrogens is 660 g/mol. The fourth-order valence-electron chi connectivity index (χ4n) is 5.31. The third kappa shape index (κ3) is 7.00. The van der Waals surface area contributed by atoms with Crippen molar-refractivity contribution < 1.29 is 63.9 Å². The Morgan fingerprint density at radius 1 is 0.940 bits per heavy atom. The lowest BCUT2D eigenvalue weighted by molar-refractivity contribution is -0.271. The first-order valence-corrected chi connectivity index (χ1v) is 15.1. The number of fused-ring (bicyclic) bond motifs is 1. The Kier molecular flexibility index (Phi) is 9.54. The number of anilines is 1. The molecule has 10 N–H and O–H groups in total. The molecule has 2 aromatic heterocycles. The second kappa shape index (κ2) is 14.0. The molecule has 1 aliphatic rings. The molecule has 0 amide bonds. The minimum absolute atomic E-state index is 0.0631. The van der Waals surface area contributed by atoms with Gasteiger partial charge in [0, 0.05) is 23.4 Å². The number of phenolic OH excluding ortho intramolecular Hbond substituents is 2. The number of carbonyl (C=O) groups is 1. The Morgan fingerprint density at radius 2 is 1.70 bits per heavy atom. The van der Waals surface area contributed by atoms with Gasteiger partial charge in [0.2, 0.25) is 12.0 Å². The first kappa shape index (κ1) is 34.1. The van der Waals surface area contributed by atoms with E-state index in [-0.39, 0.29) is 35.7 Å². The van der Waals surface area contributed by atoms with Crippen LogP contribution in [0.3, 0.4) is 0 Å². The van der Waals surface area contributed by atoms with Gasteiger partial charge in [0.05, 0.1) is 0 Å². The Morgan fingerprint density at radius 3 is 2.38 bits per heavy atom. The Labute approximate surface area is 281 Å². The predicted octanol–water partition coefficient (Wildman–Crippen LogP) is 1.74. The first-order chi connectivity index (χ1) is 23.9. The number of benzene rings is 3. The summed E-state index contributed by atoms with van der Waals surface area (Å²) in [6.45, 7) is -0.338. The van der Waals surface area contributed by atoms with E-state index in [4.69, 9.17) is 29.1 Å². The van der Waals surface area contributed by atoms with Crippen molar-refractivity contribution in [2.24, 2.45) is 0 Å². The second-order valence-electron chi connectivity index (χ2n) is 11.4. The van der Waals surface area contributed by atoms with Gasteiger partial charge in [-0.3, -0.25) is 4.79 Å². The maximum atomic E-state index is 13.4. The van der Waals surface area contributed by atoms with E-state index in [2.05, 4.69) is 4.98 Å². The van der Waals surface area contributed by atoms with E-state index in [0.717, 1.165) is 12.1 Å². The number of H-pyrrole nitrogens is 1. The highest BCUT2D eigenvalue weighted by Crippen LogP contribution is 2.44. The molecule has 16 nitrogen and oxygen atoms in total. The number of carboxylic acid groups (broad SMARTS) is 1. The van der Waals surface area contributed by atoms with Crippen molar-refractivity contribution in [3.63, 3.8) is 0 Å². The van der Waals surface area contributed by atoms with Crippen molar-refractivity contribution >= 4 is 22.8 Å². The molecule has 0 saturated carbocycles.